The monoisotopic (exact) mass is 298 g/mol. The smallest absolute Gasteiger partial charge is 0.243 e. The lowest BCUT2D eigenvalue weighted by Gasteiger charge is -2.19. The van der Waals surface area contributed by atoms with Crippen molar-refractivity contribution in [2.24, 2.45) is 0 Å². The molecular weight excluding hydrogens is 280 g/mol. The van der Waals surface area contributed by atoms with E-state index in [2.05, 4.69) is 21.9 Å². The molecule has 6 nitrogen and oxygen atoms in total. The summed E-state index contributed by atoms with van der Waals surface area (Å²) >= 11 is 0. The molecular formula is C16H18N4O2. The SMILES string of the molecule is Cc1cc(NC(=O)[C@@H](C)N[C@H](C)c2ccc(C#N)cc2)on1. The lowest BCUT2D eigenvalue weighted by atomic mass is 10.1. The van der Waals surface area contributed by atoms with E-state index in [1.807, 2.05) is 19.1 Å². The average molecular weight is 298 g/mol. The number of carbonyl (C=O) groups is 1. The molecule has 6 heteroatoms. The lowest BCUT2D eigenvalue weighted by molar-refractivity contribution is -0.118. The molecule has 1 amide bonds. The molecule has 2 N–H and O–H groups in total. The Morgan fingerprint density at radius 2 is 2.00 bits per heavy atom. The van der Waals surface area contributed by atoms with E-state index in [0.29, 0.717) is 17.1 Å². The van der Waals surface area contributed by atoms with Gasteiger partial charge in [0.2, 0.25) is 11.8 Å². The fourth-order valence-electron chi connectivity index (χ4n) is 2.05. The maximum atomic E-state index is 12.1. The van der Waals surface area contributed by atoms with Gasteiger partial charge in [0, 0.05) is 12.1 Å². The molecule has 2 aromatic rings. The number of nitrogens with zero attached hydrogens (tertiary/aromatic N) is 2. The maximum absolute atomic E-state index is 12.1. The van der Waals surface area contributed by atoms with Crippen LogP contribution in [0.1, 0.15) is 36.7 Å². The normalized spacial score (nSPS) is 13.2. The van der Waals surface area contributed by atoms with Gasteiger partial charge in [0.15, 0.2) is 0 Å². The number of benzene rings is 1. The molecule has 0 radical (unpaired) electrons. The van der Waals surface area contributed by atoms with Crippen molar-refractivity contribution >= 4 is 11.8 Å². The van der Waals surface area contributed by atoms with Crippen LogP contribution in [0.25, 0.3) is 0 Å². The molecule has 0 fully saturated rings. The molecule has 2 rings (SSSR count). The van der Waals surface area contributed by atoms with Crippen molar-refractivity contribution in [3.05, 3.63) is 47.2 Å². The molecule has 1 heterocycles. The predicted octanol–water partition coefficient (Wildman–Crippen LogP) is 2.53. The number of anilines is 1. The first-order valence-electron chi connectivity index (χ1n) is 7.00. The van der Waals surface area contributed by atoms with E-state index in [1.165, 1.54) is 0 Å². The van der Waals surface area contributed by atoms with E-state index in [0.717, 1.165) is 5.56 Å². The van der Waals surface area contributed by atoms with Crippen LogP contribution in [0.3, 0.4) is 0 Å². The number of aromatic nitrogens is 1. The molecule has 22 heavy (non-hydrogen) atoms. The summed E-state index contributed by atoms with van der Waals surface area (Å²) in [4.78, 5) is 12.1. The Hall–Kier alpha value is -2.65. The van der Waals surface area contributed by atoms with E-state index < -0.39 is 6.04 Å². The number of nitrogens with one attached hydrogen (secondary N) is 2. The van der Waals surface area contributed by atoms with E-state index in [4.69, 9.17) is 9.78 Å². The van der Waals surface area contributed by atoms with Crippen LogP contribution in [0.5, 0.6) is 0 Å². The van der Waals surface area contributed by atoms with Gasteiger partial charge in [-0.1, -0.05) is 17.3 Å². The highest BCUT2D eigenvalue weighted by molar-refractivity contribution is 5.93. The molecule has 2 atom stereocenters. The summed E-state index contributed by atoms with van der Waals surface area (Å²) in [5, 5.41) is 18.4. The standard InChI is InChI=1S/C16H18N4O2/c1-10-8-15(22-20-10)19-16(21)12(3)18-11(2)14-6-4-13(9-17)5-7-14/h4-8,11-12,18H,1-3H3,(H,19,21)/t11-,12-/m1/s1. The summed E-state index contributed by atoms with van der Waals surface area (Å²) in [6, 6.07) is 10.6. The van der Waals surface area contributed by atoms with Gasteiger partial charge in [-0.3, -0.25) is 15.4 Å². The topological polar surface area (TPSA) is 91.0 Å². The quantitative estimate of drug-likeness (QED) is 0.885. The summed E-state index contributed by atoms with van der Waals surface area (Å²) in [7, 11) is 0. The average Bonchev–Trinajstić information content (AvgIpc) is 2.92. The third kappa shape index (κ3) is 3.93. The molecule has 0 saturated heterocycles. The van der Waals surface area contributed by atoms with Crippen LogP contribution in [-0.2, 0) is 4.79 Å². The first-order chi connectivity index (χ1) is 10.5. The Morgan fingerprint density at radius 3 is 2.55 bits per heavy atom. The number of hydrogen-bond acceptors (Lipinski definition) is 5. The van der Waals surface area contributed by atoms with Gasteiger partial charge < -0.3 is 4.52 Å². The zero-order valence-electron chi connectivity index (χ0n) is 12.8. The Balaban J connectivity index is 1.93. The van der Waals surface area contributed by atoms with Crippen LogP contribution < -0.4 is 10.6 Å². The number of amides is 1. The minimum atomic E-state index is -0.406. The minimum Gasteiger partial charge on any atom is -0.338 e. The first kappa shape index (κ1) is 15.7. The third-order valence-corrected chi connectivity index (χ3v) is 3.31. The summed E-state index contributed by atoms with van der Waals surface area (Å²) < 4.78 is 4.96. The number of aryl methyl sites for hydroxylation is 1. The molecule has 0 spiro atoms. The van der Waals surface area contributed by atoms with Crippen LogP contribution in [-0.4, -0.2) is 17.1 Å². The van der Waals surface area contributed by atoms with Gasteiger partial charge in [0.05, 0.1) is 23.4 Å². The molecule has 1 aromatic heterocycles. The lowest BCUT2D eigenvalue weighted by Crippen LogP contribution is -2.39. The highest BCUT2D eigenvalue weighted by atomic mass is 16.5. The molecule has 0 aliphatic rings. The first-order valence-corrected chi connectivity index (χ1v) is 7.00. The van der Waals surface area contributed by atoms with Crippen molar-refractivity contribution in [1.29, 1.82) is 5.26 Å². The van der Waals surface area contributed by atoms with E-state index >= 15 is 0 Å². The van der Waals surface area contributed by atoms with Crippen molar-refractivity contribution < 1.29 is 9.32 Å². The fourth-order valence-corrected chi connectivity index (χ4v) is 2.05. The molecule has 114 valence electrons. The second kappa shape index (κ2) is 6.87. The highest BCUT2D eigenvalue weighted by Gasteiger charge is 2.17. The Morgan fingerprint density at radius 1 is 1.32 bits per heavy atom. The summed E-state index contributed by atoms with van der Waals surface area (Å²) in [6.07, 6.45) is 0. The predicted molar refractivity (Wildman–Crippen MR) is 82.0 cm³/mol. The summed E-state index contributed by atoms with van der Waals surface area (Å²) in [6.45, 7) is 5.52. The number of carbonyl (C=O) groups excluding carboxylic acids is 1. The number of hydrogen-bond donors (Lipinski definition) is 2. The van der Waals surface area contributed by atoms with Gasteiger partial charge in [-0.15, -0.1) is 0 Å². The minimum absolute atomic E-state index is 0.0232. The van der Waals surface area contributed by atoms with Crippen molar-refractivity contribution in [3.63, 3.8) is 0 Å². The Labute approximate surface area is 129 Å². The van der Waals surface area contributed by atoms with Gasteiger partial charge >= 0.3 is 0 Å². The molecule has 1 aromatic carbocycles. The van der Waals surface area contributed by atoms with Crippen LogP contribution >= 0.6 is 0 Å². The Kier molecular flexibility index (Phi) is 4.92. The third-order valence-electron chi connectivity index (χ3n) is 3.31. The second-order valence-electron chi connectivity index (χ2n) is 5.17. The zero-order valence-corrected chi connectivity index (χ0v) is 12.8. The van der Waals surface area contributed by atoms with E-state index in [-0.39, 0.29) is 11.9 Å². The molecule has 0 aliphatic carbocycles. The van der Waals surface area contributed by atoms with E-state index in [1.54, 1.807) is 32.0 Å². The highest BCUT2D eigenvalue weighted by Crippen LogP contribution is 2.14. The van der Waals surface area contributed by atoms with Gasteiger partial charge in [0.25, 0.3) is 0 Å². The van der Waals surface area contributed by atoms with Gasteiger partial charge in [-0.05, 0) is 38.5 Å². The summed E-state index contributed by atoms with van der Waals surface area (Å²) in [5.41, 5.74) is 2.33. The number of nitriles is 1. The second-order valence-corrected chi connectivity index (χ2v) is 5.17. The van der Waals surface area contributed by atoms with Gasteiger partial charge in [-0.25, -0.2) is 0 Å². The molecule has 0 saturated carbocycles. The molecule has 0 unspecified atom stereocenters. The largest absolute Gasteiger partial charge is 0.338 e. The van der Waals surface area contributed by atoms with Crippen molar-refractivity contribution in [2.45, 2.75) is 32.9 Å². The Bertz CT molecular complexity index is 685. The van der Waals surface area contributed by atoms with E-state index in [9.17, 15) is 4.79 Å². The fraction of sp³-hybridized carbons (Fsp3) is 0.312. The van der Waals surface area contributed by atoms with Crippen molar-refractivity contribution in [2.75, 3.05) is 5.32 Å². The van der Waals surface area contributed by atoms with Crippen molar-refractivity contribution in [3.8, 4) is 6.07 Å². The zero-order chi connectivity index (χ0) is 16.1. The van der Waals surface area contributed by atoms with Crippen LogP contribution in [0.15, 0.2) is 34.9 Å². The van der Waals surface area contributed by atoms with Crippen LogP contribution in [0.4, 0.5) is 5.88 Å². The van der Waals surface area contributed by atoms with Gasteiger partial charge in [0.1, 0.15) is 0 Å². The van der Waals surface area contributed by atoms with Gasteiger partial charge in [-0.2, -0.15) is 5.26 Å². The summed E-state index contributed by atoms with van der Waals surface area (Å²) in [5.74, 6) is 0.138. The van der Waals surface area contributed by atoms with Crippen LogP contribution in [0, 0.1) is 18.3 Å². The molecule has 0 bridgehead atoms. The number of rotatable bonds is 5. The van der Waals surface area contributed by atoms with Crippen molar-refractivity contribution in [1.82, 2.24) is 10.5 Å². The van der Waals surface area contributed by atoms with Crippen LogP contribution in [0.2, 0.25) is 0 Å². The maximum Gasteiger partial charge on any atom is 0.243 e. The molecule has 0 aliphatic heterocycles.